The maximum Gasteiger partial charge on any atom is 0.257 e. The highest BCUT2D eigenvalue weighted by Gasteiger charge is 2.25. The Labute approximate surface area is 131 Å². The van der Waals surface area contributed by atoms with Crippen LogP contribution in [0.1, 0.15) is 28.3 Å². The van der Waals surface area contributed by atoms with E-state index in [9.17, 15) is 13.6 Å². The molecule has 2 rings (SSSR count). The number of hydrogen-bond donors (Lipinski definition) is 2. The average Bonchev–Trinajstić information content (AvgIpc) is 3.00. The molecule has 126 valence electrons. The number of imidazole rings is 1. The predicted molar refractivity (Wildman–Crippen MR) is 78.8 cm³/mol. The van der Waals surface area contributed by atoms with Gasteiger partial charge in [0, 0.05) is 25.9 Å². The van der Waals surface area contributed by atoms with Gasteiger partial charge in [-0.05, 0) is 13.8 Å². The second-order valence-electron chi connectivity index (χ2n) is 5.23. The van der Waals surface area contributed by atoms with E-state index in [4.69, 9.17) is 5.11 Å². The van der Waals surface area contributed by atoms with Crippen molar-refractivity contribution in [2.24, 2.45) is 7.05 Å². The van der Waals surface area contributed by atoms with Crippen LogP contribution in [0.15, 0.2) is 12.4 Å². The minimum Gasteiger partial charge on any atom is -0.394 e. The number of alkyl halides is 2. The van der Waals surface area contributed by atoms with Crippen molar-refractivity contribution in [1.29, 1.82) is 0 Å². The topological polar surface area (TPSA) is 85.0 Å². The molecule has 0 aliphatic heterocycles. The first kappa shape index (κ1) is 17.1. The number of carbonyl (C=O) groups is 1. The van der Waals surface area contributed by atoms with Gasteiger partial charge >= 0.3 is 0 Å². The van der Waals surface area contributed by atoms with E-state index in [1.54, 1.807) is 37.9 Å². The third-order valence-electron chi connectivity index (χ3n) is 3.49. The molecule has 2 aromatic rings. The fourth-order valence-corrected chi connectivity index (χ4v) is 2.44. The van der Waals surface area contributed by atoms with Crippen LogP contribution in [0.4, 0.5) is 8.78 Å². The van der Waals surface area contributed by atoms with E-state index in [1.165, 1.54) is 4.68 Å². The zero-order chi connectivity index (χ0) is 17.1. The molecular weight excluding hydrogens is 308 g/mol. The van der Waals surface area contributed by atoms with Crippen LogP contribution in [0.5, 0.6) is 0 Å². The number of rotatable bonds is 6. The van der Waals surface area contributed by atoms with Gasteiger partial charge in [0.15, 0.2) is 0 Å². The number of hydrogen-bond acceptors (Lipinski definition) is 4. The van der Waals surface area contributed by atoms with Gasteiger partial charge in [-0.25, -0.2) is 13.8 Å². The molecule has 0 radical (unpaired) electrons. The van der Waals surface area contributed by atoms with E-state index in [2.05, 4.69) is 15.4 Å². The van der Waals surface area contributed by atoms with Gasteiger partial charge in [-0.3, -0.25) is 14.0 Å². The van der Waals surface area contributed by atoms with Crippen LogP contribution in [0.2, 0.25) is 0 Å². The highest BCUT2D eigenvalue weighted by molar-refractivity contribution is 5.98. The van der Waals surface area contributed by atoms with Gasteiger partial charge in [0.25, 0.3) is 5.91 Å². The molecule has 1 amide bonds. The molecule has 2 N–H and O–H groups in total. The lowest BCUT2D eigenvalue weighted by Gasteiger charge is -2.16. The van der Waals surface area contributed by atoms with Crippen LogP contribution >= 0.6 is 0 Å². The van der Waals surface area contributed by atoms with Crippen LogP contribution < -0.4 is 5.32 Å². The number of carbonyl (C=O) groups excluding carboxylic acids is 1. The van der Waals surface area contributed by atoms with E-state index in [0.29, 0.717) is 17.3 Å². The van der Waals surface area contributed by atoms with Crippen LogP contribution in [0.3, 0.4) is 0 Å². The van der Waals surface area contributed by atoms with Gasteiger partial charge < -0.3 is 10.4 Å². The summed E-state index contributed by atoms with van der Waals surface area (Å²) in [6, 6.07) is -1.01. The minimum atomic E-state index is -2.61. The summed E-state index contributed by atoms with van der Waals surface area (Å²) in [6.07, 6.45) is 0.0524. The second-order valence-corrected chi connectivity index (χ2v) is 5.23. The summed E-state index contributed by atoms with van der Waals surface area (Å²) >= 11 is 0. The third kappa shape index (κ3) is 3.55. The smallest absolute Gasteiger partial charge is 0.257 e. The summed E-state index contributed by atoms with van der Waals surface area (Å²) in [5.74, 6) is 0.593. The van der Waals surface area contributed by atoms with Crippen LogP contribution in [0.25, 0.3) is 5.82 Å². The fourth-order valence-electron chi connectivity index (χ4n) is 2.44. The number of nitrogens with zero attached hydrogens (tertiary/aromatic N) is 4. The standard InChI is InChI=1S/C14H19F2N5O2/c1-8-12(13(23)18-10(7-22)6-11(15)16)14(20(3)19-8)21-5-4-17-9(21)2/h4-5,10-11,22H,6-7H2,1-3H3,(H,18,23). The van der Waals surface area contributed by atoms with Crippen molar-refractivity contribution in [3.05, 3.63) is 29.5 Å². The summed E-state index contributed by atoms with van der Waals surface area (Å²) in [6.45, 7) is 2.87. The van der Waals surface area contributed by atoms with E-state index in [0.717, 1.165) is 0 Å². The van der Waals surface area contributed by atoms with Gasteiger partial charge in [-0.15, -0.1) is 0 Å². The Balaban J connectivity index is 2.36. The fraction of sp³-hybridized carbons (Fsp3) is 0.500. The quantitative estimate of drug-likeness (QED) is 0.828. The number of halogens is 2. The number of aryl methyl sites for hydroxylation is 3. The van der Waals surface area contributed by atoms with Crippen LogP contribution in [-0.2, 0) is 7.05 Å². The molecule has 0 aliphatic rings. The Hall–Kier alpha value is -2.29. The Morgan fingerprint density at radius 3 is 2.65 bits per heavy atom. The zero-order valence-corrected chi connectivity index (χ0v) is 13.1. The van der Waals surface area contributed by atoms with Crippen molar-refractivity contribution in [2.45, 2.75) is 32.7 Å². The van der Waals surface area contributed by atoms with Crippen molar-refractivity contribution >= 4 is 5.91 Å². The van der Waals surface area contributed by atoms with Gasteiger partial charge in [-0.2, -0.15) is 5.10 Å². The summed E-state index contributed by atoms with van der Waals surface area (Å²) in [4.78, 5) is 16.6. The van der Waals surface area contributed by atoms with Crippen molar-refractivity contribution < 1.29 is 18.7 Å². The number of amides is 1. The van der Waals surface area contributed by atoms with E-state index in [1.807, 2.05) is 0 Å². The minimum absolute atomic E-state index is 0.265. The van der Waals surface area contributed by atoms with Gasteiger partial charge in [0.1, 0.15) is 17.2 Å². The lowest BCUT2D eigenvalue weighted by Crippen LogP contribution is -2.39. The number of nitrogens with one attached hydrogen (secondary N) is 1. The molecule has 7 nitrogen and oxygen atoms in total. The lowest BCUT2D eigenvalue weighted by molar-refractivity contribution is 0.0820. The molecule has 9 heteroatoms. The molecule has 0 fully saturated rings. The average molecular weight is 327 g/mol. The summed E-state index contributed by atoms with van der Waals surface area (Å²) < 4.78 is 28.2. The lowest BCUT2D eigenvalue weighted by atomic mass is 10.1. The Morgan fingerprint density at radius 1 is 1.43 bits per heavy atom. The first-order valence-electron chi connectivity index (χ1n) is 7.09. The third-order valence-corrected chi connectivity index (χ3v) is 3.49. The maximum atomic E-state index is 12.5. The van der Waals surface area contributed by atoms with Crippen LogP contribution in [-0.4, -0.2) is 49.4 Å². The molecule has 23 heavy (non-hydrogen) atoms. The number of aromatic nitrogens is 4. The van der Waals surface area contributed by atoms with Gasteiger partial charge in [0.2, 0.25) is 6.43 Å². The molecule has 0 saturated heterocycles. The van der Waals surface area contributed by atoms with E-state index in [-0.39, 0.29) is 5.56 Å². The molecule has 2 heterocycles. The molecule has 1 atom stereocenters. The van der Waals surface area contributed by atoms with Crippen molar-refractivity contribution in [2.75, 3.05) is 6.61 Å². The SMILES string of the molecule is Cc1nn(C)c(-n2ccnc2C)c1C(=O)NC(CO)CC(F)F. The Bertz CT molecular complexity index is 695. The first-order chi connectivity index (χ1) is 10.8. The monoisotopic (exact) mass is 327 g/mol. The maximum absolute atomic E-state index is 12.5. The molecule has 0 bridgehead atoms. The molecule has 0 aromatic carbocycles. The molecule has 0 saturated carbocycles. The number of aliphatic hydroxyl groups is 1. The highest BCUT2D eigenvalue weighted by Crippen LogP contribution is 2.19. The molecule has 0 spiro atoms. The van der Waals surface area contributed by atoms with Gasteiger partial charge in [0.05, 0.1) is 18.3 Å². The normalized spacial score (nSPS) is 12.7. The molecular formula is C14H19F2N5O2. The van der Waals surface area contributed by atoms with E-state index >= 15 is 0 Å². The zero-order valence-electron chi connectivity index (χ0n) is 13.1. The second kappa shape index (κ2) is 6.86. The highest BCUT2D eigenvalue weighted by atomic mass is 19.3. The first-order valence-corrected chi connectivity index (χ1v) is 7.09. The van der Waals surface area contributed by atoms with E-state index < -0.39 is 31.4 Å². The summed E-state index contributed by atoms with van der Waals surface area (Å²) in [5, 5.41) is 15.8. The Kier molecular flexibility index (Phi) is 5.09. The molecule has 0 aliphatic carbocycles. The van der Waals surface area contributed by atoms with Crippen molar-refractivity contribution in [1.82, 2.24) is 24.6 Å². The number of aliphatic hydroxyl groups excluding tert-OH is 1. The summed E-state index contributed by atoms with van der Waals surface area (Å²) in [5.41, 5.74) is 0.725. The van der Waals surface area contributed by atoms with Crippen molar-refractivity contribution in [3.8, 4) is 5.82 Å². The predicted octanol–water partition coefficient (Wildman–Crippen LogP) is 0.969. The summed E-state index contributed by atoms with van der Waals surface area (Å²) in [7, 11) is 1.68. The van der Waals surface area contributed by atoms with Crippen molar-refractivity contribution in [3.63, 3.8) is 0 Å². The molecule has 1 unspecified atom stereocenters. The Morgan fingerprint density at radius 2 is 2.13 bits per heavy atom. The van der Waals surface area contributed by atoms with Gasteiger partial charge in [-0.1, -0.05) is 0 Å². The van der Waals surface area contributed by atoms with Crippen LogP contribution in [0, 0.1) is 13.8 Å². The largest absolute Gasteiger partial charge is 0.394 e. The molecule has 2 aromatic heterocycles.